The number of hydrogen-bond acceptors (Lipinski definition) is 8. The maximum atomic E-state index is 13.8. The molecule has 0 unspecified atom stereocenters. The van der Waals surface area contributed by atoms with Gasteiger partial charge in [0.25, 0.3) is 15.9 Å². The quantitative estimate of drug-likeness (QED) is 0.419. The number of halogens is 2. The fraction of sp³-hybridized carbons (Fsp3) is 0.595. The van der Waals surface area contributed by atoms with E-state index in [9.17, 15) is 17.6 Å². The summed E-state index contributed by atoms with van der Waals surface area (Å²) in [4.78, 5) is 17.7. The van der Waals surface area contributed by atoms with Crippen LogP contribution in [0.3, 0.4) is 0 Å². The van der Waals surface area contributed by atoms with Crippen LogP contribution >= 0.6 is 11.6 Å². The minimum atomic E-state index is -4.21. The van der Waals surface area contributed by atoms with Crippen LogP contribution in [0.25, 0.3) is 0 Å². The van der Waals surface area contributed by atoms with Gasteiger partial charge in [0, 0.05) is 43.2 Å². The van der Waals surface area contributed by atoms with Crippen LogP contribution in [-0.2, 0) is 36.1 Å². The Hall–Kier alpha value is -2.70. The van der Waals surface area contributed by atoms with Gasteiger partial charge < -0.3 is 19.1 Å². The Morgan fingerprint density at radius 3 is 2.76 bits per heavy atom. The maximum Gasteiger partial charge on any atom is 0.265 e. The molecular formula is C37H47ClFN3O6S. The molecule has 266 valence electrons. The molecule has 0 radical (unpaired) electrons. The van der Waals surface area contributed by atoms with Crippen LogP contribution in [0, 0.1) is 11.8 Å². The molecule has 1 saturated heterocycles. The van der Waals surface area contributed by atoms with Crippen LogP contribution in [0.5, 0.6) is 5.75 Å². The van der Waals surface area contributed by atoms with Crippen molar-refractivity contribution in [1.82, 2.24) is 9.62 Å². The molecule has 2 aromatic rings. The van der Waals surface area contributed by atoms with E-state index in [1.54, 1.807) is 26.0 Å². The Kier molecular flexibility index (Phi) is 9.77. The van der Waals surface area contributed by atoms with E-state index < -0.39 is 27.7 Å². The van der Waals surface area contributed by atoms with Gasteiger partial charge in [-0.05, 0) is 106 Å². The van der Waals surface area contributed by atoms with Crippen LogP contribution in [0.15, 0.2) is 53.4 Å². The minimum absolute atomic E-state index is 0.00781. The van der Waals surface area contributed by atoms with Crippen molar-refractivity contribution >= 4 is 33.2 Å². The third-order valence-corrected chi connectivity index (χ3v) is 12.8. The number of hydrogen-bond donors (Lipinski definition) is 1. The lowest BCUT2D eigenvalue weighted by Gasteiger charge is -2.46. The van der Waals surface area contributed by atoms with Crippen molar-refractivity contribution in [3.63, 3.8) is 0 Å². The van der Waals surface area contributed by atoms with Gasteiger partial charge in [-0.1, -0.05) is 29.8 Å². The van der Waals surface area contributed by atoms with E-state index in [2.05, 4.69) is 26.7 Å². The first-order valence-electron chi connectivity index (χ1n) is 17.6. The summed E-state index contributed by atoms with van der Waals surface area (Å²) in [5.41, 5.74) is 1.44. The van der Waals surface area contributed by atoms with Crippen molar-refractivity contribution in [3.8, 4) is 5.75 Å². The van der Waals surface area contributed by atoms with Crippen molar-refractivity contribution < 1.29 is 31.8 Å². The van der Waals surface area contributed by atoms with Crippen LogP contribution in [0.2, 0.25) is 5.02 Å². The molecule has 5 aliphatic rings. The summed E-state index contributed by atoms with van der Waals surface area (Å²) in [6.45, 7) is 7.37. The highest BCUT2D eigenvalue weighted by Crippen LogP contribution is 2.47. The molecule has 12 heteroatoms. The number of fused-ring (bicyclic) bond motifs is 4. The number of likely N-dealkylation sites (tertiary alicyclic amines) is 1. The second-order valence-corrected chi connectivity index (χ2v) is 17.1. The Morgan fingerprint density at radius 1 is 1.12 bits per heavy atom. The normalized spacial score (nSPS) is 31.2. The van der Waals surface area contributed by atoms with Crippen LogP contribution < -0.4 is 14.4 Å². The smallest absolute Gasteiger partial charge is 0.265 e. The van der Waals surface area contributed by atoms with E-state index in [1.807, 2.05) is 18.2 Å². The van der Waals surface area contributed by atoms with E-state index in [0.29, 0.717) is 57.3 Å². The lowest BCUT2D eigenvalue weighted by molar-refractivity contribution is -0.139. The summed E-state index contributed by atoms with van der Waals surface area (Å²) < 4.78 is 62.4. The summed E-state index contributed by atoms with van der Waals surface area (Å²) in [6.07, 6.45) is 8.38. The molecule has 1 amide bonds. The third-order valence-electron chi connectivity index (χ3n) is 11.2. The highest BCUT2D eigenvalue weighted by molar-refractivity contribution is 7.90. The number of amides is 1. The Bertz CT molecular complexity index is 1700. The summed E-state index contributed by atoms with van der Waals surface area (Å²) in [7, 11) is -4.21. The molecule has 1 spiro atoms. The van der Waals surface area contributed by atoms with Crippen LogP contribution in [-0.4, -0.2) is 89.6 Å². The molecule has 2 fully saturated rings. The highest BCUT2D eigenvalue weighted by Gasteiger charge is 2.45. The molecule has 1 N–H and O–H groups in total. The predicted molar refractivity (Wildman–Crippen MR) is 187 cm³/mol. The Morgan fingerprint density at radius 2 is 1.98 bits per heavy atom. The lowest BCUT2D eigenvalue weighted by Crippen LogP contribution is -2.50. The average molecular weight is 716 g/mol. The number of carbonyl (C=O) groups is 1. The number of alkyl halides is 1. The topological polar surface area (TPSA) is 97.4 Å². The van der Waals surface area contributed by atoms with Crippen LogP contribution in [0.4, 0.5) is 10.1 Å². The highest BCUT2D eigenvalue weighted by atomic mass is 35.5. The van der Waals surface area contributed by atoms with Gasteiger partial charge in [0.05, 0.1) is 36.5 Å². The van der Waals surface area contributed by atoms with E-state index >= 15 is 0 Å². The molecule has 3 aliphatic heterocycles. The van der Waals surface area contributed by atoms with E-state index in [0.717, 1.165) is 43.7 Å². The van der Waals surface area contributed by atoms with E-state index in [4.69, 9.17) is 25.8 Å². The predicted octanol–water partition coefficient (Wildman–Crippen LogP) is 5.44. The zero-order valence-corrected chi connectivity index (χ0v) is 29.9. The largest absolute Gasteiger partial charge is 0.490 e. The van der Waals surface area contributed by atoms with Crippen molar-refractivity contribution in [2.45, 2.75) is 80.6 Å². The molecule has 7 rings (SSSR count). The van der Waals surface area contributed by atoms with E-state index in [-0.39, 0.29) is 34.9 Å². The van der Waals surface area contributed by atoms with Gasteiger partial charge >= 0.3 is 0 Å². The Balaban J connectivity index is 1.24. The van der Waals surface area contributed by atoms with Crippen molar-refractivity contribution in [3.05, 3.63) is 64.7 Å². The van der Waals surface area contributed by atoms with Crippen molar-refractivity contribution in [2.75, 3.05) is 57.4 Å². The van der Waals surface area contributed by atoms with E-state index in [1.165, 1.54) is 17.2 Å². The average Bonchev–Trinajstić information content (AvgIpc) is 3.40. The Labute approximate surface area is 294 Å². The third kappa shape index (κ3) is 7.24. The number of benzene rings is 2. The molecule has 2 bridgehead atoms. The SMILES string of the molecule is CC1(C)OCC=C[C@H](OCCN2CC[C@H](F)C2)[C@@H]2CC[C@H]2CN2C[C@@]3(CCCc4cc(Cl)ccc43)COc3ccc(cc32)S(=O)(=O)NC1=O. The molecular weight excluding hydrogens is 669 g/mol. The molecule has 2 aliphatic carbocycles. The number of carbonyl (C=O) groups excluding carboxylic acids is 1. The van der Waals surface area contributed by atoms with Gasteiger partial charge in [0.1, 0.15) is 17.5 Å². The zero-order valence-electron chi connectivity index (χ0n) is 28.3. The molecule has 5 atom stereocenters. The van der Waals surface area contributed by atoms with Gasteiger partial charge in [-0.2, -0.15) is 0 Å². The van der Waals surface area contributed by atoms with Gasteiger partial charge in [0.15, 0.2) is 0 Å². The number of nitrogens with zero attached hydrogens (tertiary/aromatic N) is 2. The number of anilines is 1. The van der Waals surface area contributed by atoms with Gasteiger partial charge in [-0.3, -0.25) is 9.69 Å². The minimum Gasteiger partial charge on any atom is -0.490 e. The van der Waals surface area contributed by atoms with Gasteiger partial charge in [0.2, 0.25) is 0 Å². The zero-order chi connectivity index (χ0) is 34.4. The van der Waals surface area contributed by atoms with Crippen LogP contribution in [0.1, 0.15) is 57.1 Å². The second kappa shape index (κ2) is 13.8. The van der Waals surface area contributed by atoms with Gasteiger partial charge in [-0.15, -0.1) is 0 Å². The number of ether oxygens (including phenoxy) is 3. The fourth-order valence-electron chi connectivity index (χ4n) is 8.24. The molecule has 3 heterocycles. The maximum absolute atomic E-state index is 13.8. The number of aryl methyl sites for hydroxylation is 1. The number of nitrogens with one attached hydrogen (secondary N) is 1. The van der Waals surface area contributed by atoms with Crippen molar-refractivity contribution in [1.29, 1.82) is 0 Å². The molecule has 9 nitrogen and oxygen atoms in total. The summed E-state index contributed by atoms with van der Waals surface area (Å²) in [6, 6.07) is 11.0. The lowest BCUT2D eigenvalue weighted by atomic mass is 9.68. The molecule has 2 aromatic carbocycles. The standard InChI is InChI=1S/C37H47ClFN3O6S/c1-36(2)35(43)40-49(44,45)29-9-12-34-32(20-29)42(23-37(24-47-34)14-3-5-25-19-27(38)8-11-31(25)37)21-26-7-10-30(26)33(6-4-17-48-36)46-18-16-41-15-13-28(39)22-41/h4,6,8-9,11-12,19-20,26,28,30,33H,3,5,7,10,13-18,21-24H2,1-2H3,(H,40,43)/t26-,28-,30+,33-,37-/m0/s1. The number of sulfonamides is 1. The fourth-order valence-corrected chi connectivity index (χ4v) is 9.56. The first kappa shape index (κ1) is 34.7. The number of rotatable bonds is 4. The van der Waals surface area contributed by atoms with Gasteiger partial charge in [-0.25, -0.2) is 17.5 Å². The molecule has 1 saturated carbocycles. The summed E-state index contributed by atoms with van der Waals surface area (Å²) in [5, 5.41) is 0.717. The first-order chi connectivity index (χ1) is 23.4. The molecule has 0 aromatic heterocycles. The monoisotopic (exact) mass is 715 g/mol. The van der Waals surface area contributed by atoms with Crippen molar-refractivity contribution in [2.24, 2.45) is 11.8 Å². The second-order valence-electron chi connectivity index (χ2n) is 14.9. The first-order valence-corrected chi connectivity index (χ1v) is 19.5. The molecule has 49 heavy (non-hydrogen) atoms. The summed E-state index contributed by atoms with van der Waals surface area (Å²) in [5.74, 6) is 0.364. The summed E-state index contributed by atoms with van der Waals surface area (Å²) >= 11 is 6.44.